The third kappa shape index (κ3) is 4.64. The highest BCUT2D eigenvalue weighted by Gasteiger charge is 2.04. The molecular formula is C13H16ClN5O2. The minimum Gasteiger partial charge on any atom is -0.475 e. The molecule has 7 nitrogen and oxygen atoms in total. The van der Waals surface area contributed by atoms with Gasteiger partial charge in [-0.2, -0.15) is 5.10 Å². The van der Waals surface area contributed by atoms with Crippen molar-refractivity contribution < 1.29 is 9.53 Å². The van der Waals surface area contributed by atoms with Crippen LogP contribution >= 0.6 is 11.6 Å². The van der Waals surface area contributed by atoms with E-state index in [1.165, 1.54) is 0 Å². The molecule has 0 saturated carbocycles. The molecule has 0 unspecified atom stereocenters. The molecule has 2 rings (SSSR count). The number of aryl methyl sites for hydroxylation is 1. The van der Waals surface area contributed by atoms with E-state index < -0.39 is 0 Å². The van der Waals surface area contributed by atoms with Crippen molar-refractivity contribution in [2.75, 3.05) is 13.2 Å². The molecule has 0 bridgehead atoms. The number of rotatable bonds is 6. The molecule has 0 saturated heterocycles. The summed E-state index contributed by atoms with van der Waals surface area (Å²) >= 11 is 5.89. The van der Waals surface area contributed by atoms with Crippen molar-refractivity contribution >= 4 is 17.6 Å². The van der Waals surface area contributed by atoms with E-state index in [2.05, 4.69) is 20.7 Å². The van der Waals surface area contributed by atoms with Crippen molar-refractivity contribution in [3.05, 3.63) is 41.3 Å². The van der Waals surface area contributed by atoms with Crippen LogP contribution in [0.3, 0.4) is 0 Å². The number of hydrogen-bond acceptors (Lipinski definition) is 4. The number of carbonyl (C=O) groups is 1. The number of aromatic nitrogens is 3. The molecule has 0 aliphatic heterocycles. The smallest absolute Gasteiger partial charge is 0.315 e. The minimum atomic E-state index is -0.271. The Bertz CT molecular complexity index is 602. The number of halogens is 1. The number of pyridine rings is 1. The molecular weight excluding hydrogens is 294 g/mol. The summed E-state index contributed by atoms with van der Waals surface area (Å²) in [5, 5.41) is 9.87. The van der Waals surface area contributed by atoms with Crippen LogP contribution in [0.25, 0.3) is 0 Å². The van der Waals surface area contributed by atoms with Gasteiger partial charge in [-0.05, 0) is 18.2 Å². The van der Waals surface area contributed by atoms with Gasteiger partial charge < -0.3 is 15.4 Å². The van der Waals surface area contributed by atoms with Crippen LogP contribution in [-0.4, -0.2) is 33.9 Å². The normalized spacial score (nSPS) is 10.2. The third-order valence-electron chi connectivity index (χ3n) is 2.70. The summed E-state index contributed by atoms with van der Waals surface area (Å²) in [5.41, 5.74) is 0.918. The largest absolute Gasteiger partial charge is 0.475 e. The van der Waals surface area contributed by atoms with Gasteiger partial charge in [0, 0.05) is 19.4 Å². The highest BCUT2D eigenvalue weighted by atomic mass is 35.5. The summed E-state index contributed by atoms with van der Waals surface area (Å²) in [5.74, 6) is 0.358. The zero-order chi connectivity index (χ0) is 15.1. The van der Waals surface area contributed by atoms with Gasteiger partial charge >= 0.3 is 6.03 Å². The Morgan fingerprint density at radius 2 is 2.24 bits per heavy atom. The summed E-state index contributed by atoms with van der Waals surface area (Å²) in [6.45, 7) is 1.05. The zero-order valence-corrected chi connectivity index (χ0v) is 12.3. The van der Waals surface area contributed by atoms with Crippen LogP contribution in [0, 0.1) is 0 Å². The van der Waals surface area contributed by atoms with Crippen LogP contribution < -0.4 is 15.4 Å². The Labute approximate surface area is 127 Å². The Kier molecular flexibility index (Phi) is 5.39. The number of nitrogens with one attached hydrogen (secondary N) is 2. The first-order valence-corrected chi connectivity index (χ1v) is 6.76. The lowest BCUT2D eigenvalue weighted by Gasteiger charge is -2.09. The maximum absolute atomic E-state index is 11.6. The number of ether oxygens (including phenoxy) is 1. The van der Waals surface area contributed by atoms with Crippen LogP contribution in [-0.2, 0) is 13.6 Å². The standard InChI is InChI=1S/C13H16ClN5O2/c1-19-10(4-6-18-19)9-17-13(20)16-7-8-21-12-11(14)3-2-5-15-12/h2-6H,7-9H2,1H3,(H2,16,17,20). The van der Waals surface area contributed by atoms with Crippen LogP contribution in [0.2, 0.25) is 5.02 Å². The predicted octanol–water partition coefficient (Wildman–Crippen LogP) is 1.35. The van der Waals surface area contributed by atoms with Crippen molar-refractivity contribution in [2.45, 2.75) is 6.54 Å². The van der Waals surface area contributed by atoms with Gasteiger partial charge in [0.05, 0.1) is 18.8 Å². The van der Waals surface area contributed by atoms with Gasteiger partial charge in [-0.3, -0.25) is 4.68 Å². The van der Waals surface area contributed by atoms with Crippen LogP contribution in [0.4, 0.5) is 4.79 Å². The zero-order valence-electron chi connectivity index (χ0n) is 11.5. The quantitative estimate of drug-likeness (QED) is 0.789. The molecule has 2 N–H and O–H groups in total. The third-order valence-corrected chi connectivity index (χ3v) is 2.99. The molecule has 0 aromatic carbocycles. The second kappa shape index (κ2) is 7.49. The average molecular weight is 310 g/mol. The molecule has 0 radical (unpaired) electrons. The molecule has 21 heavy (non-hydrogen) atoms. The van der Waals surface area contributed by atoms with E-state index in [9.17, 15) is 4.79 Å². The van der Waals surface area contributed by atoms with E-state index in [1.807, 2.05) is 13.1 Å². The Morgan fingerprint density at radius 1 is 1.38 bits per heavy atom. The lowest BCUT2D eigenvalue weighted by molar-refractivity contribution is 0.235. The van der Waals surface area contributed by atoms with E-state index in [0.29, 0.717) is 24.0 Å². The summed E-state index contributed by atoms with van der Waals surface area (Å²) < 4.78 is 7.06. The van der Waals surface area contributed by atoms with Crippen LogP contribution in [0.1, 0.15) is 5.69 Å². The maximum atomic E-state index is 11.6. The van der Waals surface area contributed by atoms with E-state index in [4.69, 9.17) is 16.3 Å². The molecule has 2 amide bonds. The summed E-state index contributed by atoms with van der Waals surface area (Å²) in [6.07, 6.45) is 3.27. The fourth-order valence-electron chi connectivity index (χ4n) is 1.60. The maximum Gasteiger partial charge on any atom is 0.315 e. The van der Waals surface area contributed by atoms with Crippen molar-refractivity contribution in [3.63, 3.8) is 0 Å². The fourth-order valence-corrected chi connectivity index (χ4v) is 1.77. The SMILES string of the molecule is Cn1nccc1CNC(=O)NCCOc1ncccc1Cl. The Balaban J connectivity index is 1.63. The minimum absolute atomic E-state index is 0.271. The first kappa shape index (κ1) is 15.1. The number of nitrogens with zero attached hydrogens (tertiary/aromatic N) is 3. The molecule has 0 aliphatic rings. The van der Waals surface area contributed by atoms with E-state index in [-0.39, 0.29) is 12.6 Å². The van der Waals surface area contributed by atoms with Crippen molar-refractivity contribution in [2.24, 2.45) is 7.05 Å². The van der Waals surface area contributed by atoms with Crippen LogP contribution in [0.15, 0.2) is 30.6 Å². The van der Waals surface area contributed by atoms with Gasteiger partial charge in [0.25, 0.3) is 0 Å². The van der Waals surface area contributed by atoms with Crippen LogP contribution in [0.5, 0.6) is 5.88 Å². The first-order valence-electron chi connectivity index (χ1n) is 6.38. The Hall–Kier alpha value is -2.28. The first-order chi connectivity index (χ1) is 10.2. The highest BCUT2D eigenvalue weighted by Crippen LogP contribution is 2.19. The molecule has 0 spiro atoms. The molecule has 2 heterocycles. The van der Waals surface area contributed by atoms with Crippen molar-refractivity contribution in [1.82, 2.24) is 25.4 Å². The molecule has 2 aromatic heterocycles. The molecule has 0 aliphatic carbocycles. The fraction of sp³-hybridized carbons (Fsp3) is 0.308. The van der Waals surface area contributed by atoms with Gasteiger partial charge in [0.1, 0.15) is 11.6 Å². The molecule has 0 fully saturated rings. The predicted molar refractivity (Wildman–Crippen MR) is 78.2 cm³/mol. The van der Waals surface area contributed by atoms with Gasteiger partial charge in [0.2, 0.25) is 5.88 Å². The number of amides is 2. The topological polar surface area (TPSA) is 81.1 Å². The second-order valence-corrected chi connectivity index (χ2v) is 4.60. The number of hydrogen-bond donors (Lipinski definition) is 2. The van der Waals surface area contributed by atoms with Gasteiger partial charge in [0.15, 0.2) is 0 Å². The van der Waals surface area contributed by atoms with E-state index in [0.717, 1.165) is 5.69 Å². The summed E-state index contributed by atoms with van der Waals surface area (Å²) in [6, 6.07) is 4.98. The van der Waals surface area contributed by atoms with E-state index in [1.54, 1.807) is 29.2 Å². The van der Waals surface area contributed by atoms with Gasteiger partial charge in [-0.25, -0.2) is 9.78 Å². The lowest BCUT2D eigenvalue weighted by Crippen LogP contribution is -2.37. The van der Waals surface area contributed by atoms with Gasteiger partial charge in [-0.15, -0.1) is 0 Å². The number of carbonyl (C=O) groups excluding carboxylic acids is 1. The molecule has 0 atom stereocenters. The summed E-state index contributed by atoms with van der Waals surface area (Å²) in [7, 11) is 1.82. The Morgan fingerprint density at radius 3 is 2.95 bits per heavy atom. The van der Waals surface area contributed by atoms with Gasteiger partial charge in [-0.1, -0.05) is 11.6 Å². The van der Waals surface area contributed by atoms with Crippen molar-refractivity contribution in [3.8, 4) is 5.88 Å². The van der Waals surface area contributed by atoms with Crippen molar-refractivity contribution in [1.29, 1.82) is 0 Å². The summed E-state index contributed by atoms with van der Waals surface area (Å²) in [4.78, 5) is 15.6. The second-order valence-electron chi connectivity index (χ2n) is 4.19. The van der Waals surface area contributed by atoms with E-state index >= 15 is 0 Å². The average Bonchev–Trinajstić information content (AvgIpc) is 2.88. The lowest BCUT2D eigenvalue weighted by atomic mass is 10.4. The highest BCUT2D eigenvalue weighted by molar-refractivity contribution is 6.31. The molecule has 112 valence electrons. The number of urea groups is 1. The monoisotopic (exact) mass is 309 g/mol. The molecule has 8 heteroatoms. The molecule has 2 aromatic rings.